The zero-order valence-electron chi connectivity index (χ0n) is 25.1. The maximum atomic E-state index is 12.2. The van der Waals surface area contributed by atoms with Crippen molar-refractivity contribution >= 4 is 41.8 Å². The van der Waals surface area contributed by atoms with Gasteiger partial charge in [-0.3, -0.25) is 33.6 Å². The smallest absolute Gasteiger partial charge is 0.303 e. The lowest BCUT2D eigenvalue weighted by atomic mass is 9.96. The molecular formula is C26H36O18. The van der Waals surface area contributed by atoms with Crippen LogP contribution in [0.25, 0.3) is 0 Å². The van der Waals surface area contributed by atoms with Crippen molar-refractivity contribution in [2.24, 2.45) is 0 Å². The second-order valence-corrected chi connectivity index (χ2v) is 9.68. The molecule has 0 spiro atoms. The van der Waals surface area contributed by atoms with E-state index in [-0.39, 0.29) is 0 Å². The average Bonchev–Trinajstić information content (AvgIpc) is 2.87. The Labute approximate surface area is 251 Å². The highest BCUT2D eigenvalue weighted by molar-refractivity contribution is 5.69. The molecule has 2 aliphatic rings. The minimum absolute atomic E-state index is 0.560. The number of carbonyl (C=O) groups is 7. The predicted octanol–water partition coefficient (Wildman–Crippen LogP) is -1.40. The number of hydrogen-bond donors (Lipinski definition) is 1. The first-order valence-corrected chi connectivity index (χ1v) is 13.3. The highest BCUT2D eigenvalue weighted by Crippen LogP contribution is 2.35. The van der Waals surface area contributed by atoms with Gasteiger partial charge in [0.05, 0.1) is 0 Å². The second-order valence-electron chi connectivity index (χ2n) is 9.68. The van der Waals surface area contributed by atoms with Gasteiger partial charge in [-0.05, 0) is 0 Å². The summed E-state index contributed by atoms with van der Waals surface area (Å²) in [5.41, 5.74) is 0. The van der Waals surface area contributed by atoms with Crippen molar-refractivity contribution in [3.63, 3.8) is 0 Å². The van der Waals surface area contributed by atoms with E-state index in [2.05, 4.69) is 0 Å². The molecule has 18 heteroatoms. The molecule has 0 aromatic carbocycles. The number of rotatable bonds is 11. The zero-order valence-corrected chi connectivity index (χ0v) is 25.1. The van der Waals surface area contributed by atoms with E-state index in [0.717, 1.165) is 48.5 Å². The summed E-state index contributed by atoms with van der Waals surface area (Å²) in [5, 5.41) is 10.8. The van der Waals surface area contributed by atoms with Gasteiger partial charge in [0.1, 0.15) is 31.5 Å². The Morgan fingerprint density at radius 2 is 0.841 bits per heavy atom. The Balaban J connectivity index is 2.66. The molecule has 0 radical (unpaired) electrons. The fourth-order valence-electron chi connectivity index (χ4n) is 4.49. The third-order valence-corrected chi connectivity index (χ3v) is 5.90. The molecule has 10 atom stereocenters. The average molecular weight is 637 g/mol. The molecular weight excluding hydrogens is 600 g/mol. The van der Waals surface area contributed by atoms with Crippen molar-refractivity contribution in [1.82, 2.24) is 0 Å². The summed E-state index contributed by atoms with van der Waals surface area (Å²) in [6, 6.07) is 0. The topological polar surface area (TPSA) is 232 Å². The van der Waals surface area contributed by atoms with Crippen molar-refractivity contribution in [2.75, 3.05) is 13.2 Å². The molecule has 0 aliphatic carbocycles. The van der Waals surface area contributed by atoms with Crippen LogP contribution in [0.2, 0.25) is 0 Å². The lowest BCUT2D eigenvalue weighted by molar-refractivity contribution is -0.357. The highest BCUT2D eigenvalue weighted by Gasteiger charge is 2.57. The molecule has 0 bridgehead atoms. The zero-order chi connectivity index (χ0) is 33.3. The number of aliphatic hydroxyl groups is 1. The molecule has 2 aliphatic heterocycles. The number of hydrogen-bond acceptors (Lipinski definition) is 18. The number of carbonyl (C=O) groups excluding carboxylic acids is 7. The van der Waals surface area contributed by atoms with Gasteiger partial charge in [0.15, 0.2) is 43.1 Å². The van der Waals surface area contributed by atoms with Crippen LogP contribution < -0.4 is 0 Å². The van der Waals surface area contributed by atoms with Gasteiger partial charge in [-0.15, -0.1) is 0 Å². The van der Waals surface area contributed by atoms with Gasteiger partial charge in [-0.2, -0.15) is 0 Å². The van der Waals surface area contributed by atoms with Crippen molar-refractivity contribution in [2.45, 2.75) is 110 Å². The summed E-state index contributed by atoms with van der Waals surface area (Å²) in [4.78, 5) is 83.5. The van der Waals surface area contributed by atoms with Crippen LogP contribution in [0, 0.1) is 0 Å². The number of ether oxygens (including phenoxy) is 10. The first kappa shape index (κ1) is 36.3. The minimum atomic E-state index is -1.94. The summed E-state index contributed by atoms with van der Waals surface area (Å²) >= 11 is 0. The summed E-state index contributed by atoms with van der Waals surface area (Å²) < 4.78 is 54.0. The fourth-order valence-corrected chi connectivity index (χ4v) is 4.49. The summed E-state index contributed by atoms with van der Waals surface area (Å²) in [6.07, 6.45) is -16.4. The first-order chi connectivity index (χ1) is 20.5. The van der Waals surface area contributed by atoms with Crippen LogP contribution in [0.15, 0.2) is 0 Å². The molecule has 2 fully saturated rings. The van der Waals surface area contributed by atoms with Gasteiger partial charge in [0.2, 0.25) is 0 Å². The minimum Gasteiger partial charge on any atom is -0.463 e. The fraction of sp³-hybridized carbons (Fsp3) is 0.731. The highest BCUT2D eigenvalue weighted by atomic mass is 16.8. The van der Waals surface area contributed by atoms with Gasteiger partial charge in [0.25, 0.3) is 0 Å². The van der Waals surface area contributed by atoms with Crippen molar-refractivity contribution in [1.29, 1.82) is 0 Å². The van der Waals surface area contributed by atoms with Gasteiger partial charge < -0.3 is 52.5 Å². The molecule has 2 rings (SSSR count). The summed E-state index contributed by atoms with van der Waals surface area (Å²) in [5.74, 6) is -6.03. The Hall–Kier alpha value is -3.87. The SMILES string of the molecule is CC(=O)OC[C@H]1O[C@@H](O[C@H]2[C@@H](OC(C)=O)[C@H](O)O[C@H](COC(C)=O)[C@H]2OC(C)=O)[C@H](OC(C)=O)[C@@H](OC(C)=O)[C@@H]1OC(C)=O. The van der Waals surface area contributed by atoms with E-state index < -0.39 is 116 Å². The summed E-state index contributed by atoms with van der Waals surface area (Å²) in [6.45, 7) is 6.13. The van der Waals surface area contributed by atoms with E-state index in [1.807, 2.05) is 0 Å². The molecule has 2 heterocycles. The molecule has 248 valence electrons. The van der Waals surface area contributed by atoms with Gasteiger partial charge >= 0.3 is 41.8 Å². The molecule has 0 aromatic rings. The Morgan fingerprint density at radius 3 is 1.27 bits per heavy atom. The molecule has 0 aromatic heterocycles. The quantitative estimate of drug-likeness (QED) is 0.203. The van der Waals surface area contributed by atoms with E-state index in [1.54, 1.807) is 0 Å². The van der Waals surface area contributed by atoms with E-state index >= 15 is 0 Å². The first-order valence-electron chi connectivity index (χ1n) is 13.3. The Bertz CT molecular complexity index is 1090. The predicted molar refractivity (Wildman–Crippen MR) is 135 cm³/mol. The van der Waals surface area contributed by atoms with Gasteiger partial charge in [0, 0.05) is 48.5 Å². The van der Waals surface area contributed by atoms with Gasteiger partial charge in [-0.25, -0.2) is 0 Å². The van der Waals surface area contributed by atoms with Crippen LogP contribution in [0.1, 0.15) is 48.5 Å². The number of esters is 7. The van der Waals surface area contributed by atoms with Crippen LogP contribution in [-0.4, -0.2) is 122 Å². The molecule has 18 nitrogen and oxygen atoms in total. The molecule has 0 unspecified atom stereocenters. The molecule has 0 saturated carbocycles. The van der Waals surface area contributed by atoms with Crippen LogP contribution >= 0.6 is 0 Å². The van der Waals surface area contributed by atoms with Gasteiger partial charge in [-0.1, -0.05) is 0 Å². The van der Waals surface area contributed by atoms with Crippen LogP contribution in [0.3, 0.4) is 0 Å². The van der Waals surface area contributed by atoms with E-state index in [9.17, 15) is 38.7 Å². The molecule has 44 heavy (non-hydrogen) atoms. The Morgan fingerprint density at radius 1 is 0.477 bits per heavy atom. The van der Waals surface area contributed by atoms with Crippen molar-refractivity contribution in [3.05, 3.63) is 0 Å². The summed E-state index contributed by atoms with van der Waals surface area (Å²) in [7, 11) is 0. The van der Waals surface area contributed by atoms with E-state index in [0.29, 0.717) is 0 Å². The largest absolute Gasteiger partial charge is 0.463 e. The third kappa shape index (κ3) is 10.7. The normalized spacial score (nSPS) is 31.5. The van der Waals surface area contributed by atoms with Crippen LogP contribution in [0.4, 0.5) is 0 Å². The maximum absolute atomic E-state index is 12.2. The standard InChI is InChI=1S/C26H36O18/c1-10(27)35-8-17-19(37-12(3)29)21(23(25(34)42-17)40-15(6)32)44-26-24(41-16(7)33)22(39-14(5)31)20(38-13(4)30)18(43-26)9-36-11(2)28/h17-26,34H,8-9H2,1-7H3/t17-,18-,19-,20-,21-,22+,23-,24-,25-,26+/m1/s1. The van der Waals surface area contributed by atoms with Crippen LogP contribution in [0.5, 0.6) is 0 Å². The Kier molecular flexibility index (Phi) is 13.4. The van der Waals surface area contributed by atoms with Crippen LogP contribution in [-0.2, 0) is 80.9 Å². The monoisotopic (exact) mass is 636 g/mol. The van der Waals surface area contributed by atoms with Crippen molar-refractivity contribution in [3.8, 4) is 0 Å². The number of aliphatic hydroxyl groups excluding tert-OH is 1. The van der Waals surface area contributed by atoms with Crippen molar-refractivity contribution < 1.29 is 86.0 Å². The molecule has 2 saturated heterocycles. The van der Waals surface area contributed by atoms with E-state index in [4.69, 9.17) is 47.4 Å². The second kappa shape index (κ2) is 16.3. The van der Waals surface area contributed by atoms with E-state index in [1.165, 1.54) is 0 Å². The molecule has 0 amide bonds. The lowest BCUT2D eigenvalue weighted by Gasteiger charge is -2.48. The third-order valence-electron chi connectivity index (χ3n) is 5.90. The lowest BCUT2D eigenvalue weighted by Crippen LogP contribution is -2.67. The molecule has 1 N–H and O–H groups in total. The maximum Gasteiger partial charge on any atom is 0.303 e.